The van der Waals surface area contributed by atoms with E-state index >= 15 is 0 Å². The van der Waals surface area contributed by atoms with Crippen LogP contribution in [-0.2, 0) is 11.3 Å². The van der Waals surface area contributed by atoms with Crippen LogP contribution in [0.25, 0.3) is 0 Å². The minimum Gasteiger partial charge on any atom is -0.494 e. The number of ether oxygens (including phenoxy) is 2. The predicted octanol–water partition coefficient (Wildman–Crippen LogP) is 3.13. The average molecular weight is 269 g/mol. The SMILES string of the molecule is CCCCOCCCNCc1ccc(OC)c(F)c1. The van der Waals surface area contributed by atoms with E-state index in [2.05, 4.69) is 12.2 Å². The Labute approximate surface area is 115 Å². The van der Waals surface area contributed by atoms with Gasteiger partial charge in [-0.15, -0.1) is 0 Å². The predicted molar refractivity (Wildman–Crippen MR) is 75.0 cm³/mol. The van der Waals surface area contributed by atoms with Crippen molar-refractivity contribution in [3.05, 3.63) is 29.6 Å². The van der Waals surface area contributed by atoms with Gasteiger partial charge < -0.3 is 14.8 Å². The maximum absolute atomic E-state index is 13.4. The van der Waals surface area contributed by atoms with Gasteiger partial charge >= 0.3 is 0 Å². The van der Waals surface area contributed by atoms with Crippen LogP contribution < -0.4 is 10.1 Å². The second-order valence-electron chi connectivity index (χ2n) is 4.47. The molecule has 108 valence electrons. The van der Waals surface area contributed by atoms with Gasteiger partial charge in [-0.05, 0) is 37.1 Å². The van der Waals surface area contributed by atoms with Gasteiger partial charge in [-0.1, -0.05) is 19.4 Å². The highest BCUT2D eigenvalue weighted by atomic mass is 19.1. The fraction of sp³-hybridized carbons (Fsp3) is 0.600. The largest absolute Gasteiger partial charge is 0.494 e. The normalized spacial score (nSPS) is 10.7. The third-order valence-corrected chi connectivity index (χ3v) is 2.83. The molecule has 1 aromatic rings. The van der Waals surface area contributed by atoms with Crippen LogP contribution in [0.1, 0.15) is 31.7 Å². The van der Waals surface area contributed by atoms with Gasteiger partial charge in [0.25, 0.3) is 0 Å². The third-order valence-electron chi connectivity index (χ3n) is 2.83. The first kappa shape index (κ1) is 15.9. The van der Waals surface area contributed by atoms with E-state index in [1.807, 2.05) is 6.07 Å². The van der Waals surface area contributed by atoms with Crippen LogP contribution in [0.2, 0.25) is 0 Å². The maximum Gasteiger partial charge on any atom is 0.165 e. The van der Waals surface area contributed by atoms with Crippen LogP contribution >= 0.6 is 0 Å². The van der Waals surface area contributed by atoms with E-state index in [0.29, 0.717) is 6.54 Å². The minimum absolute atomic E-state index is 0.285. The van der Waals surface area contributed by atoms with Crippen LogP contribution in [-0.4, -0.2) is 26.9 Å². The Balaban J connectivity index is 2.11. The van der Waals surface area contributed by atoms with Crippen LogP contribution in [0.5, 0.6) is 5.75 Å². The van der Waals surface area contributed by atoms with Crippen molar-refractivity contribution in [1.82, 2.24) is 5.32 Å². The van der Waals surface area contributed by atoms with Gasteiger partial charge in [-0.25, -0.2) is 4.39 Å². The number of nitrogens with one attached hydrogen (secondary N) is 1. The highest BCUT2D eigenvalue weighted by Crippen LogP contribution is 2.17. The van der Waals surface area contributed by atoms with Crippen molar-refractivity contribution in [3.63, 3.8) is 0 Å². The number of rotatable bonds is 10. The summed E-state index contributed by atoms with van der Waals surface area (Å²) in [5.74, 6) is -0.0298. The van der Waals surface area contributed by atoms with Crippen molar-refractivity contribution in [3.8, 4) is 5.75 Å². The number of halogens is 1. The summed E-state index contributed by atoms with van der Waals surface area (Å²) < 4.78 is 23.8. The Morgan fingerprint density at radius 1 is 1.21 bits per heavy atom. The monoisotopic (exact) mass is 269 g/mol. The average Bonchev–Trinajstić information content (AvgIpc) is 2.42. The highest BCUT2D eigenvalue weighted by Gasteiger charge is 2.02. The summed E-state index contributed by atoms with van der Waals surface area (Å²) in [5.41, 5.74) is 0.921. The number of methoxy groups -OCH3 is 1. The van der Waals surface area contributed by atoms with Gasteiger partial charge in [0.2, 0.25) is 0 Å². The van der Waals surface area contributed by atoms with E-state index in [1.54, 1.807) is 6.07 Å². The molecule has 1 rings (SSSR count). The summed E-state index contributed by atoms with van der Waals surface area (Å²) in [6.45, 7) is 5.32. The lowest BCUT2D eigenvalue weighted by Crippen LogP contribution is -2.16. The quantitative estimate of drug-likeness (QED) is 0.662. The molecule has 0 aliphatic carbocycles. The molecule has 0 aliphatic heterocycles. The first-order valence-corrected chi connectivity index (χ1v) is 6.88. The molecule has 0 bridgehead atoms. The van der Waals surface area contributed by atoms with Crippen molar-refractivity contribution in [2.75, 3.05) is 26.9 Å². The Morgan fingerprint density at radius 2 is 2.00 bits per heavy atom. The Morgan fingerprint density at radius 3 is 2.68 bits per heavy atom. The second-order valence-corrected chi connectivity index (χ2v) is 4.47. The van der Waals surface area contributed by atoms with Crippen molar-refractivity contribution in [2.45, 2.75) is 32.7 Å². The van der Waals surface area contributed by atoms with E-state index in [0.717, 1.165) is 38.2 Å². The molecule has 0 unspecified atom stereocenters. The van der Waals surface area contributed by atoms with Gasteiger partial charge in [0, 0.05) is 19.8 Å². The molecule has 0 aliphatic rings. The van der Waals surface area contributed by atoms with Crippen molar-refractivity contribution < 1.29 is 13.9 Å². The molecule has 0 radical (unpaired) electrons. The molecule has 0 amide bonds. The van der Waals surface area contributed by atoms with Crippen LogP contribution in [0, 0.1) is 5.82 Å². The Kier molecular flexibility index (Phi) is 8.18. The first-order chi connectivity index (χ1) is 9.27. The standard InChI is InChI=1S/C15H24FNO2/c1-3-4-9-19-10-5-8-17-12-13-6-7-15(18-2)14(16)11-13/h6-7,11,17H,3-5,8-10,12H2,1-2H3. The van der Waals surface area contributed by atoms with E-state index in [9.17, 15) is 4.39 Å². The zero-order valence-corrected chi connectivity index (χ0v) is 11.9. The number of hydrogen-bond acceptors (Lipinski definition) is 3. The van der Waals surface area contributed by atoms with Gasteiger partial charge in [0.05, 0.1) is 7.11 Å². The molecule has 0 aromatic heterocycles. The zero-order valence-electron chi connectivity index (χ0n) is 11.9. The summed E-state index contributed by atoms with van der Waals surface area (Å²) in [7, 11) is 1.47. The number of benzene rings is 1. The van der Waals surface area contributed by atoms with Crippen molar-refractivity contribution >= 4 is 0 Å². The van der Waals surface area contributed by atoms with Crippen molar-refractivity contribution in [2.24, 2.45) is 0 Å². The second kappa shape index (κ2) is 9.75. The molecule has 0 atom stereocenters. The molecular formula is C15H24FNO2. The van der Waals surface area contributed by atoms with E-state index in [4.69, 9.17) is 9.47 Å². The topological polar surface area (TPSA) is 30.5 Å². The summed E-state index contributed by atoms with van der Waals surface area (Å²) >= 11 is 0. The highest BCUT2D eigenvalue weighted by molar-refractivity contribution is 5.29. The summed E-state index contributed by atoms with van der Waals surface area (Å²) in [6.07, 6.45) is 3.27. The van der Waals surface area contributed by atoms with Gasteiger partial charge in [0.1, 0.15) is 0 Å². The fourth-order valence-electron chi connectivity index (χ4n) is 1.70. The summed E-state index contributed by atoms with van der Waals surface area (Å²) in [5, 5.41) is 3.27. The molecule has 3 nitrogen and oxygen atoms in total. The lowest BCUT2D eigenvalue weighted by Gasteiger charge is -2.07. The Bertz CT molecular complexity index is 358. The first-order valence-electron chi connectivity index (χ1n) is 6.88. The van der Waals surface area contributed by atoms with Crippen LogP contribution in [0.15, 0.2) is 18.2 Å². The smallest absolute Gasteiger partial charge is 0.165 e. The molecule has 19 heavy (non-hydrogen) atoms. The summed E-state index contributed by atoms with van der Waals surface area (Å²) in [4.78, 5) is 0. The molecule has 4 heteroatoms. The maximum atomic E-state index is 13.4. The molecule has 0 saturated heterocycles. The van der Waals surface area contributed by atoms with E-state index < -0.39 is 0 Å². The lowest BCUT2D eigenvalue weighted by atomic mass is 10.2. The molecule has 0 saturated carbocycles. The molecule has 1 N–H and O–H groups in total. The van der Waals surface area contributed by atoms with Gasteiger partial charge in [-0.2, -0.15) is 0 Å². The zero-order chi connectivity index (χ0) is 13.9. The van der Waals surface area contributed by atoms with Gasteiger partial charge in [0.15, 0.2) is 11.6 Å². The third kappa shape index (κ3) is 6.55. The van der Waals surface area contributed by atoms with Crippen molar-refractivity contribution in [1.29, 1.82) is 0 Å². The molecule has 0 heterocycles. The van der Waals surface area contributed by atoms with E-state index in [1.165, 1.54) is 19.6 Å². The van der Waals surface area contributed by atoms with E-state index in [-0.39, 0.29) is 11.6 Å². The molecule has 1 aromatic carbocycles. The molecular weight excluding hydrogens is 245 g/mol. The number of unbranched alkanes of at least 4 members (excludes halogenated alkanes) is 1. The minimum atomic E-state index is -0.315. The van der Waals surface area contributed by atoms with Crippen LogP contribution in [0.4, 0.5) is 4.39 Å². The Hall–Kier alpha value is -1.13. The summed E-state index contributed by atoms with van der Waals surface area (Å²) in [6, 6.07) is 5.02. The van der Waals surface area contributed by atoms with Gasteiger partial charge in [-0.3, -0.25) is 0 Å². The molecule has 0 fully saturated rings. The number of hydrogen-bond donors (Lipinski definition) is 1. The lowest BCUT2D eigenvalue weighted by molar-refractivity contribution is 0.129. The van der Waals surface area contributed by atoms with Crippen LogP contribution in [0.3, 0.4) is 0 Å². The molecule has 0 spiro atoms. The fourth-order valence-corrected chi connectivity index (χ4v) is 1.70.